The molecule has 0 aliphatic heterocycles. The zero-order valence-corrected chi connectivity index (χ0v) is 11.7. The smallest absolute Gasteiger partial charge is 0.160 e. The van der Waals surface area contributed by atoms with Crippen LogP contribution in [0, 0.1) is 0 Å². The molecule has 0 bridgehead atoms. The number of rotatable bonds is 4. The SMILES string of the molecule is CC(=O)c1cc(Br)ccc1SCc1ccco1. The molecule has 0 aliphatic carbocycles. The molecular weight excluding hydrogens is 300 g/mol. The molecule has 2 nitrogen and oxygen atoms in total. The van der Waals surface area contributed by atoms with E-state index in [4.69, 9.17) is 4.42 Å². The molecule has 0 saturated carbocycles. The predicted octanol–water partition coefficient (Wildman–Crippen LogP) is 4.54. The van der Waals surface area contributed by atoms with Crippen molar-refractivity contribution < 1.29 is 9.21 Å². The number of hydrogen-bond donors (Lipinski definition) is 0. The maximum atomic E-state index is 11.5. The van der Waals surface area contributed by atoms with E-state index >= 15 is 0 Å². The quantitative estimate of drug-likeness (QED) is 0.613. The lowest BCUT2D eigenvalue weighted by atomic mass is 10.1. The topological polar surface area (TPSA) is 30.2 Å². The number of Topliss-reactive ketones (excluding diaryl/α,β-unsaturated/α-hetero) is 1. The molecule has 0 spiro atoms. The fourth-order valence-electron chi connectivity index (χ4n) is 1.45. The summed E-state index contributed by atoms with van der Waals surface area (Å²) < 4.78 is 6.19. The summed E-state index contributed by atoms with van der Waals surface area (Å²) in [4.78, 5) is 12.5. The molecule has 4 heteroatoms. The fraction of sp³-hybridized carbons (Fsp3) is 0.154. The van der Waals surface area contributed by atoms with Crippen LogP contribution in [0.25, 0.3) is 0 Å². The highest BCUT2D eigenvalue weighted by Crippen LogP contribution is 2.29. The summed E-state index contributed by atoms with van der Waals surface area (Å²) in [5, 5.41) is 0. The Morgan fingerprint density at radius 2 is 2.24 bits per heavy atom. The summed E-state index contributed by atoms with van der Waals surface area (Å²) >= 11 is 4.98. The predicted molar refractivity (Wildman–Crippen MR) is 72.4 cm³/mol. The number of thioether (sulfide) groups is 1. The lowest BCUT2D eigenvalue weighted by Crippen LogP contribution is -1.95. The summed E-state index contributed by atoms with van der Waals surface area (Å²) in [7, 11) is 0. The average Bonchev–Trinajstić information content (AvgIpc) is 2.80. The van der Waals surface area contributed by atoms with E-state index in [0.29, 0.717) is 0 Å². The van der Waals surface area contributed by atoms with Crippen LogP contribution in [0.2, 0.25) is 0 Å². The van der Waals surface area contributed by atoms with Crippen LogP contribution in [0.1, 0.15) is 23.0 Å². The summed E-state index contributed by atoms with van der Waals surface area (Å²) in [5.74, 6) is 1.72. The number of furan rings is 1. The van der Waals surface area contributed by atoms with Gasteiger partial charge in [-0.15, -0.1) is 11.8 Å². The van der Waals surface area contributed by atoms with Gasteiger partial charge in [-0.3, -0.25) is 4.79 Å². The third-order valence-corrected chi connectivity index (χ3v) is 3.86. The highest BCUT2D eigenvalue weighted by atomic mass is 79.9. The second-order valence-corrected chi connectivity index (χ2v) is 5.50. The number of hydrogen-bond acceptors (Lipinski definition) is 3. The van der Waals surface area contributed by atoms with Gasteiger partial charge in [0.1, 0.15) is 5.76 Å². The van der Waals surface area contributed by atoms with Crippen LogP contribution in [-0.2, 0) is 5.75 Å². The zero-order valence-electron chi connectivity index (χ0n) is 9.27. The van der Waals surface area contributed by atoms with E-state index in [9.17, 15) is 4.79 Å². The third kappa shape index (κ3) is 3.23. The van der Waals surface area contributed by atoms with Crippen molar-refractivity contribution in [1.82, 2.24) is 0 Å². The molecule has 2 rings (SSSR count). The van der Waals surface area contributed by atoms with Gasteiger partial charge in [0.15, 0.2) is 5.78 Å². The highest BCUT2D eigenvalue weighted by molar-refractivity contribution is 9.10. The molecule has 0 amide bonds. The van der Waals surface area contributed by atoms with Crippen LogP contribution < -0.4 is 0 Å². The van der Waals surface area contributed by atoms with Gasteiger partial charge >= 0.3 is 0 Å². The summed E-state index contributed by atoms with van der Waals surface area (Å²) in [6.45, 7) is 1.58. The monoisotopic (exact) mass is 310 g/mol. The summed E-state index contributed by atoms with van der Waals surface area (Å²) in [5.41, 5.74) is 0.746. The second-order valence-electron chi connectivity index (χ2n) is 3.56. The Hall–Kier alpha value is -1.00. The Labute approximate surface area is 113 Å². The maximum Gasteiger partial charge on any atom is 0.160 e. The van der Waals surface area contributed by atoms with Crippen LogP contribution in [0.4, 0.5) is 0 Å². The molecule has 17 heavy (non-hydrogen) atoms. The molecule has 1 aromatic carbocycles. The fourth-order valence-corrected chi connectivity index (χ4v) is 2.79. The maximum absolute atomic E-state index is 11.5. The molecule has 0 N–H and O–H groups in total. The molecule has 88 valence electrons. The third-order valence-electron chi connectivity index (χ3n) is 2.27. The van der Waals surface area contributed by atoms with Crippen molar-refractivity contribution in [2.75, 3.05) is 0 Å². The van der Waals surface area contributed by atoms with Crippen molar-refractivity contribution >= 4 is 33.5 Å². The summed E-state index contributed by atoms with van der Waals surface area (Å²) in [6.07, 6.45) is 1.66. The van der Waals surface area contributed by atoms with Crippen LogP contribution in [0.3, 0.4) is 0 Å². The number of carbonyl (C=O) groups excluding carboxylic acids is 1. The number of ketones is 1. The first kappa shape index (κ1) is 12.5. The molecule has 1 heterocycles. The molecule has 0 aliphatic rings. The standard InChI is InChI=1S/C13H11BrO2S/c1-9(15)12-7-10(14)4-5-13(12)17-8-11-3-2-6-16-11/h2-7H,8H2,1H3. The van der Waals surface area contributed by atoms with Crippen LogP contribution in [0.15, 0.2) is 50.4 Å². The minimum absolute atomic E-state index is 0.0771. The van der Waals surface area contributed by atoms with Gasteiger partial charge in [-0.1, -0.05) is 15.9 Å². The van der Waals surface area contributed by atoms with Crippen molar-refractivity contribution in [3.63, 3.8) is 0 Å². The first-order chi connectivity index (χ1) is 8.16. The van der Waals surface area contributed by atoms with E-state index in [1.165, 1.54) is 0 Å². The van der Waals surface area contributed by atoms with Gasteiger partial charge in [0.25, 0.3) is 0 Å². The van der Waals surface area contributed by atoms with Crippen LogP contribution >= 0.6 is 27.7 Å². The molecule has 0 atom stereocenters. The van der Waals surface area contributed by atoms with Crippen molar-refractivity contribution in [2.45, 2.75) is 17.6 Å². The first-order valence-corrected chi connectivity index (χ1v) is 6.90. The van der Waals surface area contributed by atoms with Gasteiger partial charge < -0.3 is 4.42 Å². The van der Waals surface area contributed by atoms with Gasteiger partial charge in [0.2, 0.25) is 0 Å². The molecular formula is C13H11BrO2S. The van der Waals surface area contributed by atoms with Gasteiger partial charge in [-0.2, -0.15) is 0 Å². The minimum atomic E-state index is 0.0771. The number of halogens is 1. The molecule has 0 unspecified atom stereocenters. The van der Waals surface area contributed by atoms with Gasteiger partial charge in [0, 0.05) is 14.9 Å². The highest BCUT2D eigenvalue weighted by Gasteiger charge is 2.09. The van der Waals surface area contributed by atoms with Crippen LogP contribution in [0.5, 0.6) is 0 Å². The Morgan fingerprint density at radius 3 is 2.88 bits per heavy atom. The van der Waals surface area contributed by atoms with Crippen LogP contribution in [-0.4, -0.2) is 5.78 Å². The van der Waals surface area contributed by atoms with Gasteiger partial charge in [-0.05, 0) is 37.3 Å². The lowest BCUT2D eigenvalue weighted by molar-refractivity contribution is 0.101. The van der Waals surface area contributed by atoms with E-state index in [1.54, 1.807) is 24.9 Å². The van der Waals surface area contributed by atoms with E-state index in [0.717, 1.165) is 26.4 Å². The lowest BCUT2D eigenvalue weighted by Gasteiger charge is -2.06. The molecule has 0 radical (unpaired) electrons. The Balaban J connectivity index is 2.17. The molecule has 2 aromatic rings. The molecule has 1 aromatic heterocycles. The van der Waals surface area contributed by atoms with Gasteiger partial charge in [-0.25, -0.2) is 0 Å². The number of benzene rings is 1. The van der Waals surface area contributed by atoms with Crippen molar-refractivity contribution in [1.29, 1.82) is 0 Å². The largest absolute Gasteiger partial charge is 0.468 e. The molecule has 0 saturated heterocycles. The van der Waals surface area contributed by atoms with E-state index in [2.05, 4.69) is 15.9 Å². The zero-order chi connectivity index (χ0) is 12.3. The van der Waals surface area contributed by atoms with Crippen molar-refractivity contribution in [3.05, 3.63) is 52.4 Å². The average molecular weight is 311 g/mol. The van der Waals surface area contributed by atoms with Crippen molar-refractivity contribution in [3.8, 4) is 0 Å². The Bertz CT molecular complexity index is 520. The van der Waals surface area contributed by atoms with E-state index in [-0.39, 0.29) is 5.78 Å². The van der Waals surface area contributed by atoms with Crippen molar-refractivity contribution in [2.24, 2.45) is 0 Å². The molecule has 0 fully saturated rings. The normalized spacial score (nSPS) is 10.5. The van der Waals surface area contributed by atoms with E-state index < -0.39 is 0 Å². The minimum Gasteiger partial charge on any atom is -0.468 e. The summed E-state index contributed by atoms with van der Waals surface area (Å²) in [6, 6.07) is 9.54. The Morgan fingerprint density at radius 1 is 1.41 bits per heavy atom. The second kappa shape index (κ2) is 5.56. The first-order valence-electron chi connectivity index (χ1n) is 5.12. The number of carbonyl (C=O) groups is 1. The van der Waals surface area contributed by atoms with Gasteiger partial charge in [0.05, 0.1) is 12.0 Å². The Kier molecular flexibility index (Phi) is 4.07. The van der Waals surface area contributed by atoms with E-state index in [1.807, 2.05) is 30.3 Å².